The Balaban J connectivity index is 1.81. The summed E-state index contributed by atoms with van der Waals surface area (Å²) in [4.78, 5) is 0. The van der Waals surface area contributed by atoms with E-state index in [9.17, 15) is 5.11 Å². The summed E-state index contributed by atoms with van der Waals surface area (Å²) >= 11 is 0. The molecule has 0 bridgehead atoms. The summed E-state index contributed by atoms with van der Waals surface area (Å²) in [6.07, 6.45) is 6.02. The minimum Gasteiger partial charge on any atom is -0.395 e. The molecule has 1 aliphatic carbocycles. The number of nitrogens with one attached hydrogen (secondary N) is 1. The molecule has 0 amide bonds. The molecule has 0 aliphatic heterocycles. The maximum absolute atomic E-state index is 9.64. The van der Waals surface area contributed by atoms with Crippen molar-refractivity contribution in [1.29, 1.82) is 0 Å². The molecule has 0 saturated heterocycles. The normalized spacial score (nSPS) is 24.8. The number of aliphatic hydroxyl groups is 1. The zero-order valence-electron chi connectivity index (χ0n) is 13.8. The highest BCUT2D eigenvalue weighted by Gasteiger charge is 2.30. The van der Waals surface area contributed by atoms with Gasteiger partial charge in [-0.2, -0.15) is 0 Å². The van der Waals surface area contributed by atoms with E-state index in [2.05, 4.69) is 50.4 Å². The van der Waals surface area contributed by atoms with Crippen molar-refractivity contribution < 1.29 is 5.11 Å². The summed E-state index contributed by atoms with van der Waals surface area (Å²) in [5, 5.41) is 13.3. The van der Waals surface area contributed by atoms with Crippen LogP contribution in [0.2, 0.25) is 0 Å². The number of benzene rings is 1. The topological polar surface area (TPSA) is 32.3 Å². The lowest BCUT2D eigenvalue weighted by Crippen LogP contribution is -2.44. The first kappa shape index (κ1) is 16.5. The van der Waals surface area contributed by atoms with E-state index in [4.69, 9.17) is 0 Å². The molecule has 0 spiro atoms. The average molecular weight is 289 g/mol. The van der Waals surface area contributed by atoms with Crippen LogP contribution in [-0.4, -0.2) is 23.8 Å². The van der Waals surface area contributed by atoms with E-state index < -0.39 is 0 Å². The number of hydrogen-bond donors (Lipinski definition) is 2. The van der Waals surface area contributed by atoms with Crippen molar-refractivity contribution in [3.63, 3.8) is 0 Å². The Kier molecular flexibility index (Phi) is 5.83. The van der Waals surface area contributed by atoms with E-state index in [1.54, 1.807) is 0 Å². The van der Waals surface area contributed by atoms with Gasteiger partial charge in [-0.1, -0.05) is 51.1 Å². The molecule has 0 radical (unpaired) electrons. The van der Waals surface area contributed by atoms with E-state index in [1.165, 1.54) is 31.2 Å². The highest BCUT2D eigenvalue weighted by Crippen LogP contribution is 2.37. The molecule has 2 N–H and O–H groups in total. The van der Waals surface area contributed by atoms with Crippen molar-refractivity contribution in [3.05, 3.63) is 35.9 Å². The van der Waals surface area contributed by atoms with Crippen LogP contribution in [0.4, 0.5) is 0 Å². The highest BCUT2D eigenvalue weighted by atomic mass is 16.3. The molecular weight excluding hydrogens is 258 g/mol. The maximum Gasteiger partial charge on any atom is 0.0587 e. The monoisotopic (exact) mass is 289 g/mol. The molecule has 118 valence electrons. The fourth-order valence-corrected chi connectivity index (χ4v) is 3.53. The molecular formula is C19H31NO. The fourth-order valence-electron chi connectivity index (χ4n) is 3.53. The van der Waals surface area contributed by atoms with Gasteiger partial charge in [0, 0.05) is 12.1 Å². The zero-order valence-corrected chi connectivity index (χ0v) is 13.8. The van der Waals surface area contributed by atoms with Gasteiger partial charge in [0.05, 0.1) is 6.61 Å². The predicted octanol–water partition coefficient (Wildman–Crippen LogP) is 3.78. The summed E-state index contributed by atoms with van der Waals surface area (Å²) in [6, 6.07) is 11.2. The molecule has 1 saturated carbocycles. The van der Waals surface area contributed by atoms with Gasteiger partial charge in [-0.25, -0.2) is 0 Å². The lowest BCUT2D eigenvalue weighted by atomic mass is 9.71. The van der Waals surface area contributed by atoms with Crippen LogP contribution in [0, 0.1) is 11.3 Å². The first-order chi connectivity index (χ1) is 9.99. The Bertz CT molecular complexity index is 401. The third-order valence-corrected chi connectivity index (χ3v) is 4.97. The molecule has 2 nitrogen and oxygen atoms in total. The molecule has 0 unspecified atom stereocenters. The third kappa shape index (κ3) is 5.12. The van der Waals surface area contributed by atoms with Crippen LogP contribution >= 0.6 is 0 Å². The fraction of sp³-hybridized carbons (Fsp3) is 0.684. The molecule has 1 aromatic rings. The second kappa shape index (κ2) is 7.42. The lowest BCUT2D eigenvalue weighted by Gasteiger charge is -2.38. The van der Waals surface area contributed by atoms with Gasteiger partial charge in [0.1, 0.15) is 0 Å². The minimum atomic E-state index is 0.184. The van der Waals surface area contributed by atoms with Crippen molar-refractivity contribution in [2.24, 2.45) is 11.3 Å². The molecule has 0 aromatic heterocycles. The first-order valence-electron chi connectivity index (χ1n) is 8.40. The van der Waals surface area contributed by atoms with Crippen molar-refractivity contribution in [2.45, 2.75) is 65.0 Å². The molecule has 1 fully saturated rings. The van der Waals surface area contributed by atoms with Crippen molar-refractivity contribution >= 4 is 0 Å². The lowest BCUT2D eigenvalue weighted by molar-refractivity contribution is 0.147. The molecule has 1 aromatic carbocycles. The molecule has 1 aliphatic rings. The average Bonchev–Trinajstić information content (AvgIpc) is 2.47. The van der Waals surface area contributed by atoms with Gasteiger partial charge < -0.3 is 10.4 Å². The van der Waals surface area contributed by atoms with Crippen molar-refractivity contribution in [2.75, 3.05) is 6.61 Å². The number of hydrogen-bond acceptors (Lipinski definition) is 2. The molecule has 1 atom stereocenters. The summed E-state index contributed by atoms with van der Waals surface area (Å²) in [7, 11) is 0. The van der Waals surface area contributed by atoms with E-state index in [0.717, 1.165) is 12.3 Å². The maximum atomic E-state index is 9.64. The van der Waals surface area contributed by atoms with E-state index >= 15 is 0 Å². The Morgan fingerprint density at radius 1 is 1.10 bits per heavy atom. The number of aliphatic hydroxyl groups excluding tert-OH is 1. The SMILES string of the molecule is CC(C)(C)C1CCC(N[C@H](CO)Cc2ccccc2)CC1. The first-order valence-corrected chi connectivity index (χ1v) is 8.40. The quantitative estimate of drug-likeness (QED) is 0.864. The van der Waals surface area contributed by atoms with Gasteiger partial charge in [0.25, 0.3) is 0 Å². The van der Waals surface area contributed by atoms with Crippen molar-refractivity contribution in [1.82, 2.24) is 5.32 Å². The summed E-state index contributed by atoms with van der Waals surface area (Å²) in [6.45, 7) is 7.29. The molecule has 0 heterocycles. The Morgan fingerprint density at radius 2 is 1.71 bits per heavy atom. The van der Waals surface area contributed by atoms with E-state index in [1.807, 2.05) is 6.07 Å². The van der Waals surface area contributed by atoms with Gasteiger partial charge in [0.15, 0.2) is 0 Å². The van der Waals surface area contributed by atoms with Gasteiger partial charge >= 0.3 is 0 Å². The molecule has 21 heavy (non-hydrogen) atoms. The largest absolute Gasteiger partial charge is 0.395 e. The summed E-state index contributed by atoms with van der Waals surface area (Å²) in [5.41, 5.74) is 1.73. The third-order valence-electron chi connectivity index (χ3n) is 4.97. The summed E-state index contributed by atoms with van der Waals surface area (Å²) in [5.74, 6) is 0.845. The summed E-state index contributed by atoms with van der Waals surface area (Å²) < 4.78 is 0. The smallest absolute Gasteiger partial charge is 0.0587 e. The second-order valence-corrected chi connectivity index (χ2v) is 7.65. The van der Waals surface area contributed by atoms with Crippen LogP contribution in [0.1, 0.15) is 52.0 Å². The van der Waals surface area contributed by atoms with Gasteiger partial charge in [0.2, 0.25) is 0 Å². The van der Waals surface area contributed by atoms with Gasteiger partial charge in [-0.05, 0) is 49.0 Å². The van der Waals surface area contributed by atoms with Crippen molar-refractivity contribution in [3.8, 4) is 0 Å². The van der Waals surface area contributed by atoms with Gasteiger partial charge in [-0.15, -0.1) is 0 Å². The Labute approximate surface area is 130 Å². The minimum absolute atomic E-state index is 0.184. The highest BCUT2D eigenvalue weighted by molar-refractivity contribution is 5.16. The van der Waals surface area contributed by atoms with Crippen LogP contribution in [0.15, 0.2) is 30.3 Å². The van der Waals surface area contributed by atoms with Gasteiger partial charge in [-0.3, -0.25) is 0 Å². The number of rotatable bonds is 5. The Hall–Kier alpha value is -0.860. The second-order valence-electron chi connectivity index (χ2n) is 7.65. The van der Waals surface area contributed by atoms with E-state index in [0.29, 0.717) is 11.5 Å². The van der Waals surface area contributed by atoms with Crippen LogP contribution in [0.5, 0.6) is 0 Å². The van der Waals surface area contributed by atoms with Crippen LogP contribution in [0.25, 0.3) is 0 Å². The standard InChI is InChI=1S/C19H31NO/c1-19(2,3)16-9-11-17(12-10-16)20-18(14-21)13-15-7-5-4-6-8-15/h4-8,16-18,20-21H,9-14H2,1-3H3/t16?,17?,18-/m0/s1. The molecule has 2 heteroatoms. The van der Waals surface area contributed by atoms with Crippen LogP contribution < -0.4 is 5.32 Å². The Morgan fingerprint density at radius 3 is 2.24 bits per heavy atom. The van der Waals surface area contributed by atoms with Crippen LogP contribution in [-0.2, 0) is 6.42 Å². The van der Waals surface area contributed by atoms with Crippen LogP contribution in [0.3, 0.4) is 0 Å². The zero-order chi connectivity index (χ0) is 15.3. The van der Waals surface area contributed by atoms with E-state index in [-0.39, 0.29) is 12.6 Å². The predicted molar refractivity (Wildman–Crippen MR) is 89.4 cm³/mol. The molecule has 2 rings (SSSR count).